The average molecular weight is 365 g/mol. The van der Waals surface area contributed by atoms with E-state index in [1.54, 1.807) is 4.90 Å². The Bertz CT molecular complexity index is 817. The lowest BCUT2D eigenvalue weighted by Crippen LogP contribution is -2.43. The quantitative estimate of drug-likeness (QED) is 0.776. The molecule has 1 aliphatic heterocycles. The molecule has 0 aromatic heterocycles. The van der Waals surface area contributed by atoms with Crippen LogP contribution in [0.4, 0.5) is 4.79 Å². The molecule has 4 rings (SSSR count). The smallest absolute Gasteiger partial charge is 0.409 e. The number of ether oxygens (including phenoxy) is 2. The highest BCUT2D eigenvalue weighted by Crippen LogP contribution is 2.44. The highest BCUT2D eigenvalue weighted by molar-refractivity contribution is 5.79. The van der Waals surface area contributed by atoms with Gasteiger partial charge in [-0.1, -0.05) is 48.5 Å². The van der Waals surface area contributed by atoms with E-state index in [-0.39, 0.29) is 23.9 Å². The Morgan fingerprint density at radius 3 is 2.30 bits per heavy atom. The maximum Gasteiger partial charge on any atom is 0.409 e. The first-order chi connectivity index (χ1) is 13.2. The molecule has 0 spiro atoms. The summed E-state index contributed by atoms with van der Waals surface area (Å²) < 4.78 is 10.5. The van der Waals surface area contributed by atoms with Gasteiger partial charge < -0.3 is 14.4 Å². The molecular weight excluding hydrogens is 342 g/mol. The van der Waals surface area contributed by atoms with E-state index >= 15 is 0 Å². The van der Waals surface area contributed by atoms with Gasteiger partial charge in [-0.15, -0.1) is 0 Å². The van der Waals surface area contributed by atoms with Crippen LogP contribution in [0, 0.1) is 5.92 Å². The van der Waals surface area contributed by atoms with Crippen LogP contribution in [0.3, 0.4) is 0 Å². The summed E-state index contributed by atoms with van der Waals surface area (Å²) in [5.41, 5.74) is 4.80. The predicted molar refractivity (Wildman–Crippen MR) is 101 cm³/mol. The van der Waals surface area contributed by atoms with Crippen LogP contribution in [0.25, 0.3) is 11.1 Å². The van der Waals surface area contributed by atoms with Gasteiger partial charge in [0, 0.05) is 19.0 Å². The molecule has 2 aliphatic rings. The zero-order valence-electron chi connectivity index (χ0n) is 15.4. The van der Waals surface area contributed by atoms with E-state index in [1.165, 1.54) is 29.4 Å². The summed E-state index contributed by atoms with van der Waals surface area (Å²) in [6.45, 7) is 1.28. The van der Waals surface area contributed by atoms with E-state index in [1.807, 2.05) is 24.3 Å². The molecule has 1 fully saturated rings. The van der Waals surface area contributed by atoms with Crippen molar-refractivity contribution in [2.24, 2.45) is 5.92 Å². The number of esters is 1. The van der Waals surface area contributed by atoms with Gasteiger partial charge in [0.05, 0.1) is 13.0 Å². The van der Waals surface area contributed by atoms with Crippen LogP contribution < -0.4 is 0 Å². The van der Waals surface area contributed by atoms with E-state index < -0.39 is 0 Å². The van der Waals surface area contributed by atoms with Crippen LogP contribution in [0.15, 0.2) is 48.5 Å². The molecule has 2 aromatic rings. The first-order valence-corrected chi connectivity index (χ1v) is 9.36. The Hall–Kier alpha value is -2.82. The number of benzene rings is 2. The number of rotatable bonds is 3. The van der Waals surface area contributed by atoms with Gasteiger partial charge >= 0.3 is 12.1 Å². The highest BCUT2D eigenvalue weighted by atomic mass is 16.6. The topological polar surface area (TPSA) is 55.8 Å². The van der Waals surface area contributed by atoms with Crippen molar-refractivity contribution in [2.45, 2.75) is 18.8 Å². The summed E-state index contributed by atoms with van der Waals surface area (Å²) in [5, 5.41) is 0. The van der Waals surface area contributed by atoms with Crippen molar-refractivity contribution in [3.8, 4) is 11.1 Å². The number of piperidine rings is 1. The summed E-state index contributed by atoms with van der Waals surface area (Å²) >= 11 is 0. The Morgan fingerprint density at radius 2 is 1.67 bits per heavy atom. The first kappa shape index (κ1) is 17.6. The fourth-order valence-electron chi connectivity index (χ4n) is 4.19. The molecule has 5 heteroatoms. The molecule has 0 N–H and O–H groups in total. The Balaban J connectivity index is 1.46. The lowest BCUT2D eigenvalue weighted by molar-refractivity contribution is -0.147. The van der Waals surface area contributed by atoms with Crippen LogP contribution in [0.5, 0.6) is 0 Å². The van der Waals surface area contributed by atoms with E-state index in [4.69, 9.17) is 9.47 Å². The predicted octanol–water partition coefficient (Wildman–Crippen LogP) is 3.82. The van der Waals surface area contributed by atoms with Crippen LogP contribution in [-0.2, 0) is 14.3 Å². The van der Waals surface area contributed by atoms with Crippen molar-refractivity contribution >= 4 is 12.1 Å². The summed E-state index contributed by atoms with van der Waals surface area (Å²) in [7, 11) is 1.38. The molecule has 27 heavy (non-hydrogen) atoms. The van der Waals surface area contributed by atoms with Gasteiger partial charge in [0.25, 0.3) is 0 Å². The molecule has 5 nitrogen and oxygen atoms in total. The third kappa shape index (κ3) is 3.29. The molecule has 140 valence electrons. The zero-order chi connectivity index (χ0) is 18.8. The summed E-state index contributed by atoms with van der Waals surface area (Å²) in [4.78, 5) is 26.0. The molecule has 1 atom stereocenters. The number of hydrogen-bond donors (Lipinski definition) is 0. The number of methoxy groups -OCH3 is 1. The Morgan fingerprint density at radius 1 is 1.04 bits per heavy atom. The van der Waals surface area contributed by atoms with Crippen LogP contribution in [0.1, 0.15) is 29.9 Å². The van der Waals surface area contributed by atoms with Crippen molar-refractivity contribution in [3.05, 3.63) is 59.7 Å². The number of carbonyl (C=O) groups is 2. The molecule has 0 saturated carbocycles. The Kier molecular flexibility index (Phi) is 4.84. The third-order valence-corrected chi connectivity index (χ3v) is 5.55. The van der Waals surface area contributed by atoms with Crippen molar-refractivity contribution < 1.29 is 19.1 Å². The monoisotopic (exact) mass is 365 g/mol. The van der Waals surface area contributed by atoms with E-state index in [0.717, 1.165) is 12.8 Å². The average Bonchev–Trinajstić information content (AvgIpc) is 3.05. The molecular formula is C22H23NO4. The van der Waals surface area contributed by atoms with Gasteiger partial charge in [-0.2, -0.15) is 0 Å². The normalized spacial score (nSPS) is 18.6. The molecule has 2 aromatic carbocycles. The number of carbonyl (C=O) groups excluding carboxylic acids is 2. The summed E-state index contributed by atoms with van der Waals surface area (Å²) in [6, 6.07) is 16.5. The van der Waals surface area contributed by atoms with Crippen molar-refractivity contribution in [3.63, 3.8) is 0 Å². The van der Waals surface area contributed by atoms with Gasteiger partial charge in [-0.25, -0.2) is 4.79 Å². The minimum absolute atomic E-state index is 0.0440. The van der Waals surface area contributed by atoms with E-state index in [0.29, 0.717) is 19.7 Å². The second-order valence-electron chi connectivity index (χ2n) is 7.11. The number of nitrogens with zero attached hydrogens (tertiary/aromatic N) is 1. The maximum absolute atomic E-state index is 12.6. The number of hydrogen-bond acceptors (Lipinski definition) is 4. The molecule has 0 radical (unpaired) electrons. The number of likely N-dealkylation sites (tertiary alicyclic amines) is 1. The second-order valence-corrected chi connectivity index (χ2v) is 7.11. The van der Waals surface area contributed by atoms with Gasteiger partial charge in [-0.3, -0.25) is 4.79 Å². The van der Waals surface area contributed by atoms with Crippen molar-refractivity contribution in [2.75, 3.05) is 26.8 Å². The fourth-order valence-corrected chi connectivity index (χ4v) is 4.19. The van der Waals surface area contributed by atoms with Gasteiger partial charge in [0.15, 0.2) is 0 Å². The van der Waals surface area contributed by atoms with Gasteiger partial charge in [0.2, 0.25) is 0 Å². The summed E-state index contributed by atoms with van der Waals surface area (Å²) in [6.07, 6.45) is 1.18. The van der Waals surface area contributed by atoms with Crippen molar-refractivity contribution in [1.82, 2.24) is 4.90 Å². The zero-order valence-corrected chi connectivity index (χ0v) is 15.4. The van der Waals surface area contributed by atoms with Gasteiger partial charge in [-0.05, 0) is 35.1 Å². The number of amides is 1. The van der Waals surface area contributed by atoms with Gasteiger partial charge in [0.1, 0.15) is 6.61 Å². The van der Waals surface area contributed by atoms with Crippen molar-refractivity contribution in [1.29, 1.82) is 0 Å². The Labute approximate surface area is 158 Å². The maximum atomic E-state index is 12.6. The number of fused-ring (bicyclic) bond motifs is 3. The summed E-state index contributed by atoms with van der Waals surface area (Å²) in [5.74, 6) is -0.474. The van der Waals surface area contributed by atoms with E-state index in [9.17, 15) is 9.59 Å². The SMILES string of the molecule is COC(=O)C1CCCN(C(=O)OCC2c3ccccc3-c3ccccc32)C1. The largest absolute Gasteiger partial charge is 0.469 e. The molecule has 1 saturated heterocycles. The second kappa shape index (κ2) is 7.43. The third-order valence-electron chi connectivity index (χ3n) is 5.55. The first-order valence-electron chi connectivity index (χ1n) is 9.36. The van der Waals surface area contributed by atoms with Crippen LogP contribution in [0.2, 0.25) is 0 Å². The van der Waals surface area contributed by atoms with Crippen LogP contribution >= 0.6 is 0 Å². The minimum atomic E-state index is -0.356. The molecule has 0 bridgehead atoms. The molecule has 1 unspecified atom stereocenters. The lowest BCUT2D eigenvalue weighted by atomic mass is 9.98. The van der Waals surface area contributed by atoms with E-state index in [2.05, 4.69) is 24.3 Å². The fraction of sp³-hybridized carbons (Fsp3) is 0.364. The highest BCUT2D eigenvalue weighted by Gasteiger charge is 2.32. The molecule has 1 amide bonds. The molecule has 1 aliphatic carbocycles. The minimum Gasteiger partial charge on any atom is -0.469 e. The molecule has 1 heterocycles. The standard InChI is InChI=1S/C22H23NO4/c1-26-21(24)15-7-6-12-23(13-15)22(25)27-14-20-18-10-4-2-8-16(18)17-9-3-5-11-19(17)20/h2-5,8-11,15,20H,6-7,12-14H2,1H3. The van der Waals surface area contributed by atoms with Crippen LogP contribution in [-0.4, -0.2) is 43.8 Å². The lowest BCUT2D eigenvalue weighted by Gasteiger charge is -2.31.